The van der Waals surface area contributed by atoms with Crippen molar-refractivity contribution in [3.63, 3.8) is 0 Å². The number of likely N-dealkylation sites (tertiary alicyclic amines) is 1. The second kappa shape index (κ2) is 6.49. The summed E-state index contributed by atoms with van der Waals surface area (Å²) in [5, 5.41) is 14.5. The number of likely N-dealkylation sites (N-methyl/N-ethyl adjacent to an activating group) is 1. The van der Waals surface area contributed by atoms with Gasteiger partial charge >= 0.3 is 0 Å². The van der Waals surface area contributed by atoms with Crippen LogP contribution in [0, 0.1) is 0 Å². The van der Waals surface area contributed by atoms with E-state index in [1.165, 1.54) is 6.42 Å². The summed E-state index contributed by atoms with van der Waals surface area (Å²) in [7, 11) is 2.16. The molecule has 2 aromatic heterocycles. The number of hydrogen-bond acceptors (Lipinski definition) is 6. The van der Waals surface area contributed by atoms with Crippen LogP contribution in [0.5, 0.6) is 5.75 Å². The molecule has 0 spiro atoms. The molecule has 0 amide bonds. The van der Waals surface area contributed by atoms with Crippen molar-refractivity contribution in [2.45, 2.75) is 25.7 Å². The van der Waals surface area contributed by atoms with Crippen molar-refractivity contribution in [3.05, 3.63) is 30.1 Å². The second-order valence-corrected chi connectivity index (χ2v) is 7.15. The number of fused-ring (bicyclic) bond motifs is 1. The molecule has 1 fully saturated rings. The number of rotatable bonds is 4. The van der Waals surface area contributed by atoms with E-state index in [0.29, 0.717) is 12.5 Å². The number of benzene rings is 1. The Balaban J connectivity index is 1.72. The quantitative estimate of drug-likeness (QED) is 0.729. The topological polar surface area (TPSA) is 55.6 Å². The highest BCUT2D eigenvalue weighted by Crippen LogP contribution is 2.34. The van der Waals surface area contributed by atoms with Crippen LogP contribution < -0.4 is 4.74 Å². The molecule has 6 nitrogen and oxygen atoms in total. The summed E-state index contributed by atoms with van der Waals surface area (Å²) >= 11 is 1.56. The van der Waals surface area contributed by atoms with Gasteiger partial charge in [-0.2, -0.15) is 9.61 Å². The minimum atomic E-state index is 0.399. The molecule has 1 unspecified atom stereocenters. The molecule has 24 heavy (non-hydrogen) atoms. The van der Waals surface area contributed by atoms with E-state index in [2.05, 4.69) is 22.1 Å². The number of ether oxygens (including phenoxy) is 1. The van der Waals surface area contributed by atoms with Crippen LogP contribution in [-0.2, 0) is 0 Å². The largest absolute Gasteiger partial charge is 0.493 e. The van der Waals surface area contributed by atoms with E-state index >= 15 is 0 Å². The first kappa shape index (κ1) is 15.5. The number of hydrogen-bond donors (Lipinski definition) is 0. The van der Waals surface area contributed by atoms with Crippen molar-refractivity contribution in [1.29, 1.82) is 0 Å². The Morgan fingerprint density at radius 2 is 2.17 bits per heavy atom. The van der Waals surface area contributed by atoms with Gasteiger partial charge in [0, 0.05) is 12.5 Å². The highest BCUT2D eigenvalue weighted by Gasteiger charge is 2.25. The molecule has 126 valence electrons. The van der Waals surface area contributed by atoms with Crippen molar-refractivity contribution in [2.24, 2.45) is 0 Å². The number of para-hydroxylation sites is 1. The van der Waals surface area contributed by atoms with Gasteiger partial charge in [-0.25, -0.2) is 0 Å². The number of nitrogens with zero attached hydrogens (tertiary/aromatic N) is 5. The van der Waals surface area contributed by atoms with Crippen LogP contribution in [0.3, 0.4) is 0 Å². The van der Waals surface area contributed by atoms with Crippen molar-refractivity contribution in [3.8, 4) is 16.3 Å². The lowest BCUT2D eigenvalue weighted by atomic mass is 9.98. The van der Waals surface area contributed by atoms with Gasteiger partial charge < -0.3 is 9.64 Å². The third-order valence-electron chi connectivity index (χ3n) is 4.42. The van der Waals surface area contributed by atoms with Gasteiger partial charge in [0.25, 0.3) is 0 Å². The van der Waals surface area contributed by atoms with Crippen LogP contribution in [0.25, 0.3) is 15.5 Å². The molecule has 1 atom stereocenters. The fourth-order valence-electron chi connectivity index (χ4n) is 3.30. The third kappa shape index (κ3) is 2.78. The number of piperidine rings is 1. The Morgan fingerprint density at radius 3 is 3.00 bits per heavy atom. The minimum absolute atomic E-state index is 0.399. The molecule has 0 aliphatic carbocycles. The van der Waals surface area contributed by atoms with E-state index in [-0.39, 0.29) is 0 Å². The van der Waals surface area contributed by atoms with Gasteiger partial charge in [0.05, 0.1) is 12.2 Å². The van der Waals surface area contributed by atoms with Gasteiger partial charge in [0.2, 0.25) is 4.96 Å². The molecule has 7 heteroatoms. The minimum Gasteiger partial charge on any atom is -0.493 e. The zero-order valence-corrected chi connectivity index (χ0v) is 14.8. The highest BCUT2D eigenvalue weighted by atomic mass is 32.1. The van der Waals surface area contributed by atoms with Crippen LogP contribution in [0.4, 0.5) is 0 Å². The summed E-state index contributed by atoms with van der Waals surface area (Å²) < 4.78 is 7.66. The molecule has 0 bridgehead atoms. The maximum Gasteiger partial charge on any atom is 0.234 e. The maximum absolute atomic E-state index is 5.74. The van der Waals surface area contributed by atoms with E-state index in [1.54, 1.807) is 11.3 Å². The zero-order valence-electron chi connectivity index (χ0n) is 14.0. The smallest absolute Gasteiger partial charge is 0.234 e. The monoisotopic (exact) mass is 343 g/mol. The molecule has 0 saturated carbocycles. The van der Waals surface area contributed by atoms with Gasteiger partial charge in [-0.1, -0.05) is 23.5 Å². The summed E-state index contributed by atoms with van der Waals surface area (Å²) in [4.78, 5) is 3.20. The SMILES string of the molecule is CCOc1ccccc1-c1nn2c(C3CCCN(C)C3)nnc2s1. The summed E-state index contributed by atoms with van der Waals surface area (Å²) in [5.41, 5.74) is 1.02. The molecule has 1 aliphatic rings. The number of aromatic nitrogens is 4. The summed E-state index contributed by atoms with van der Waals surface area (Å²) in [5.74, 6) is 2.24. The Hall–Kier alpha value is -1.99. The van der Waals surface area contributed by atoms with Crippen LogP contribution in [0.2, 0.25) is 0 Å². The van der Waals surface area contributed by atoms with Crippen LogP contribution in [0.1, 0.15) is 31.5 Å². The van der Waals surface area contributed by atoms with E-state index < -0.39 is 0 Å². The van der Waals surface area contributed by atoms with Crippen molar-refractivity contribution >= 4 is 16.3 Å². The Kier molecular flexibility index (Phi) is 4.20. The fourth-order valence-corrected chi connectivity index (χ4v) is 4.17. The first-order valence-electron chi connectivity index (χ1n) is 8.39. The first-order valence-corrected chi connectivity index (χ1v) is 9.20. The van der Waals surface area contributed by atoms with E-state index in [0.717, 1.165) is 46.6 Å². The Labute approximate surface area is 145 Å². The lowest BCUT2D eigenvalue weighted by Gasteiger charge is -2.28. The molecule has 1 aliphatic heterocycles. The molecule has 1 saturated heterocycles. The highest BCUT2D eigenvalue weighted by molar-refractivity contribution is 7.19. The second-order valence-electron chi connectivity index (χ2n) is 6.19. The van der Waals surface area contributed by atoms with Crippen molar-refractivity contribution in [1.82, 2.24) is 24.7 Å². The maximum atomic E-state index is 5.74. The van der Waals surface area contributed by atoms with Crippen LogP contribution in [-0.4, -0.2) is 51.5 Å². The van der Waals surface area contributed by atoms with E-state index in [4.69, 9.17) is 9.84 Å². The predicted molar refractivity (Wildman–Crippen MR) is 94.7 cm³/mol. The van der Waals surface area contributed by atoms with Gasteiger partial charge in [0.1, 0.15) is 5.75 Å². The molecule has 3 heterocycles. The molecule has 0 radical (unpaired) electrons. The third-order valence-corrected chi connectivity index (χ3v) is 5.35. The summed E-state index contributed by atoms with van der Waals surface area (Å²) in [6, 6.07) is 8.03. The Bertz CT molecular complexity index is 842. The summed E-state index contributed by atoms with van der Waals surface area (Å²) in [6.45, 7) is 4.81. The fraction of sp³-hybridized carbons (Fsp3) is 0.471. The molecule has 0 N–H and O–H groups in total. The van der Waals surface area contributed by atoms with Gasteiger partial charge in [-0.3, -0.25) is 0 Å². The lowest BCUT2D eigenvalue weighted by Crippen LogP contribution is -2.31. The van der Waals surface area contributed by atoms with E-state index in [9.17, 15) is 0 Å². The summed E-state index contributed by atoms with van der Waals surface area (Å²) in [6.07, 6.45) is 2.34. The van der Waals surface area contributed by atoms with Crippen molar-refractivity contribution in [2.75, 3.05) is 26.7 Å². The first-order chi connectivity index (χ1) is 11.8. The molecular formula is C17H21N5OS. The Morgan fingerprint density at radius 1 is 1.29 bits per heavy atom. The van der Waals surface area contributed by atoms with Gasteiger partial charge in [-0.15, -0.1) is 10.2 Å². The zero-order chi connectivity index (χ0) is 16.5. The molecular weight excluding hydrogens is 322 g/mol. The van der Waals surface area contributed by atoms with Crippen molar-refractivity contribution < 1.29 is 4.74 Å². The van der Waals surface area contributed by atoms with Crippen LogP contribution in [0.15, 0.2) is 24.3 Å². The average molecular weight is 343 g/mol. The standard InChI is InChI=1S/C17H21N5OS/c1-3-23-14-9-5-4-8-13(14)16-20-22-15(18-19-17(22)24-16)12-7-6-10-21(2)11-12/h4-5,8-9,12H,3,6-7,10-11H2,1-2H3. The lowest BCUT2D eigenvalue weighted by molar-refractivity contribution is 0.244. The van der Waals surface area contributed by atoms with E-state index in [1.807, 2.05) is 35.7 Å². The molecule has 1 aromatic carbocycles. The average Bonchev–Trinajstić information content (AvgIpc) is 3.16. The van der Waals surface area contributed by atoms with Gasteiger partial charge in [0.15, 0.2) is 10.8 Å². The van der Waals surface area contributed by atoms with Crippen LogP contribution >= 0.6 is 11.3 Å². The van der Waals surface area contributed by atoms with Gasteiger partial charge in [-0.05, 0) is 45.5 Å². The normalized spacial score (nSPS) is 19.0. The molecule has 3 aromatic rings. The molecule has 4 rings (SSSR count). The predicted octanol–water partition coefficient (Wildman–Crippen LogP) is 3.06.